The van der Waals surface area contributed by atoms with Gasteiger partial charge in [-0.05, 0) is 41.3 Å². The van der Waals surface area contributed by atoms with Gasteiger partial charge in [-0.15, -0.1) is 0 Å². The van der Waals surface area contributed by atoms with Crippen molar-refractivity contribution < 1.29 is 24.2 Å². The van der Waals surface area contributed by atoms with Crippen molar-refractivity contribution in [1.82, 2.24) is 0 Å². The molecule has 7 rings (SSSR count). The van der Waals surface area contributed by atoms with Crippen molar-refractivity contribution in [3.63, 3.8) is 0 Å². The zero-order chi connectivity index (χ0) is 22.9. The Morgan fingerprint density at radius 1 is 0.909 bits per heavy atom. The number of imide groups is 1. The number of hydrogen-bond donors (Lipinski definition) is 0. The second-order valence-electron chi connectivity index (χ2n) is 8.66. The molecule has 2 atom stereocenters. The zero-order valence-corrected chi connectivity index (χ0v) is 17.9. The highest BCUT2D eigenvalue weighted by atomic mass is 16.5. The number of nitrogens with zero attached hydrogens (tertiary/aromatic N) is 1. The molecule has 2 bridgehead atoms. The number of aliphatic carboxylic acids is 1. The number of para-hydroxylation sites is 2. The summed E-state index contributed by atoms with van der Waals surface area (Å²) in [5, 5.41) is 13.0. The summed E-state index contributed by atoms with van der Waals surface area (Å²) in [5.41, 5.74) is 1.21. The van der Waals surface area contributed by atoms with Gasteiger partial charge >= 0.3 is 0 Å². The molecule has 1 fully saturated rings. The Balaban J connectivity index is 1.64. The molecule has 0 unspecified atom stereocenters. The standard InChI is InChI=1S/C27H21NO5/c1-2-33-20-14-8-7-13-19(20)28-24(29)22-21-15-9-3-5-11-17(15)27(26(31)32,23(22)25(28)30)18-12-6-4-10-16(18)21/h3-14,21-23H,2H2,1H3,(H,31,32)/p-1/t21?,22-,23+,27?/m0/s1. The van der Waals surface area contributed by atoms with Crippen LogP contribution in [0.4, 0.5) is 5.69 Å². The van der Waals surface area contributed by atoms with Gasteiger partial charge in [-0.3, -0.25) is 9.59 Å². The van der Waals surface area contributed by atoms with Crippen LogP contribution in [0.15, 0.2) is 72.8 Å². The number of carboxylic acid groups (broad SMARTS) is 1. The van der Waals surface area contributed by atoms with Crippen LogP contribution < -0.4 is 14.7 Å². The van der Waals surface area contributed by atoms with Gasteiger partial charge in [-0.25, -0.2) is 4.90 Å². The number of rotatable bonds is 4. The van der Waals surface area contributed by atoms with Gasteiger partial charge in [0.2, 0.25) is 11.8 Å². The van der Waals surface area contributed by atoms with E-state index in [4.69, 9.17) is 4.74 Å². The summed E-state index contributed by atoms with van der Waals surface area (Å²) in [4.78, 5) is 42.1. The molecule has 0 aromatic heterocycles. The lowest BCUT2D eigenvalue weighted by Crippen LogP contribution is -2.61. The molecule has 6 nitrogen and oxygen atoms in total. The second kappa shape index (κ2) is 6.78. The van der Waals surface area contributed by atoms with Crippen LogP contribution in [0.2, 0.25) is 0 Å². The fraction of sp³-hybridized carbons (Fsp3) is 0.222. The summed E-state index contributed by atoms with van der Waals surface area (Å²) in [6.45, 7) is 2.19. The third-order valence-electron chi connectivity index (χ3n) is 7.35. The Kier molecular flexibility index (Phi) is 4.06. The van der Waals surface area contributed by atoms with Crippen molar-refractivity contribution in [1.29, 1.82) is 0 Å². The van der Waals surface area contributed by atoms with Crippen LogP contribution in [0.5, 0.6) is 5.75 Å². The van der Waals surface area contributed by atoms with E-state index >= 15 is 0 Å². The predicted molar refractivity (Wildman–Crippen MR) is 118 cm³/mol. The Labute approximate surface area is 190 Å². The third-order valence-corrected chi connectivity index (χ3v) is 7.35. The number of carbonyl (C=O) groups is 3. The number of carboxylic acids is 1. The van der Waals surface area contributed by atoms with Crippen LogP contribution in [0.3, 0.4) is 0 Å². The van der Waals surface area contributed by atoms with Gasteiger partial charge in [0.15, 0.2) is 0 Å². The fourth-order valence-electron chi connectivity index (χ4n) is 6.28. The van der Waals surface area contributed by atoms with Gasteiger partial charge in [-0.1, -0.05) is 60.7 Å². The van der Waals surface area contributed by atoms with Gasteiger partial charge in [0.25, 0.3) is 0 Å². The number of amides is 2. The highest BCUT2D eigenvalue weighted by molar-refractivity contribution is 6.25. The average molecular weight is 438 g/mol. The van der Waals surface area contributed by atoms with Crippen LogP contribution in [0, 0.1) is 11.8 Å². The summed E-state index contributed by atoms with van der Waals surface area (Å²) in [6.07, 6.45) is 0. The van der Waals surface area contributed by atoms with Gasteiger partial charge in [0, 0.05) is 5.92 Å². The monoisotopic (exact) mass is 438 g/mol. The lowest BCUT2D eigenvalue weighted by atomic mass is 9.47. The Bertz CT molecular complexity index is 1300. The summed E-state index contributed by atoms with van der Waals surface area (Å²) in [5.74, 6) is -4.24. The maximum atomic E-state index is 14.0. The molecular formula is C27H20NO5-. The van der Waals surface area contributed by atoms with Crippen molar-refractivity contribution in [2.75, 3.05) is 11.5 Å². The van der Waals surface area contributed by atoms with Crippen molar-refractivity contribution in [3.05, 3.63) is 95.1 Å². The maximum Gasteiger partial charge on any atom is 0.239 e. The van der Waals surface area contributed by atoms with Crippen LogP contribution >= 0.6 is 0 Å². The van der Waals surface area contributed by atoms with Gasteiger partial charge in [0.05, 0.1) is 35.5 Å². The number of anilines is 1. The molecule has 0 spiro atoms. The molecule has 0 radical (unpaired) electrons. The first-order chi connectivity index (χ1) is 16.0. The Morgan fingerprint density at radius 2 is 1.48 bits per heavy atom. The molecule has 3 aromatic rings. The predicted octanol–water partition coefficient (Wildman–Crippen LogP) is 2.39. The molecule has 0 N–H and O–H groups in total. The van der Waals surface area contributed by atoms with Crippen LogP contribution in [-0.4, -0.2) is 24.4 Å². The quantitative estimate of drug-likeness (QED) is 0.584. The van der Waals surface area contributed by atoms with Gasteiger partial charge < -0.3 is 14.6 Å². The van der Waals surface area contributed by atoms with Crippen molar-refractivity contribution in [2.45, 2.75) is 18.3 Å². The third kappa shape index (κ3) is 2.25. The van der Waals surface area contributed by atoms with Crippen molar-refractivity contribution in [2.24, 2.45) is 11.8 Å². The average Bonchev–Trinajstić information content (AvgIpc) is 3.10. The molecule has 0 saturated carbocycles. The van der Waals surface area contributed by atoms with Crippen LogP contribution in [0.1, 0.15) is 35.1 Å². The van der Waals surface area contributed by atoms with E-state index in [0.717, 1.165) is 16.0 Å². The highest BCUT2D eigenvalue weighted by Crippen LogP contribution is 2.64. The molecule has 2 amide bonds. The lowest BCUT2D eigenvalue weighted by Gasteiger charge is -2.54. The van der Waals surface area contributed by atoms with Crippen molar-refractivity contribution in [3.8, 4) is 5.75 Å². The number of carbonyl (C=O) groups excluding carboxylic acids is 3. The number of benzene rings is 3. The first-order valence-corrected chi connectivity index (χ1v) is 11.0. The van der Waals surface area contributed by atoms with E-state index in [-0.39, 0.29) is 0 Å². The maximum absolute atomic E-state index is 14.0. The summed E-state index contributed by atoms with van der Waals surface area (Å²) in [7, 11) is 0. The minimum atomic E-state index is -1.74. The lowest BCUT2D eigenvalue weighted by molar-refractivity contribution is -0.314. The van der Waals surface area contributed by atoms with E-state index in [1.807, 2.05) is 31.2 Å². The molecule has 1 saturated heterocycles. The molecule has 6 heteroatoms. The summed E-state index contributed by atoms with van der Waals surface area (Å²) >= 11 is 0. The van der Waals surface area contributed by atoms with E-state index in [0.29, 0.717) is 29.2 Å². The van der Waals surface area contributed by atoms with Gasteiger partial charge in [-0.2, -0.15) is 0 Å². The van der Waals surface area contributed by atoms with Gasteiger partial charge in [0.1, 0.15) is 5.75 Å². The summed E-state index contributed by atoms with van der Waals surface area (Å²) in [6, 6.07) is 21.3. The van der Waals surface area contributed by atoms with E-state index in [1.54, 1.807) is 48.5 Å². The molecule has 3 aromatic carbocycles. The van der Waals surface area contributed by atoms with E-state index in [1.165, 1.54) is 0 Å². The molecule has 3 aliphatic carbocycles. The first kappa shape index (κ1) is 19.7. The van der Waals surface area contributed by atoms with Crippen LogP contribution in [-0.2, 0) is 19.8 Å². The molecular weight excluding hydrogens is 418 g/mol. The molecule has 1 aliphatic heterocycles. The Morgan fingerprint density at radius 3 is 2.09 bits per heavy atom. The van der Waals surface area contributed by atoms with Crippen LogP contribution in [0.25, 0.3) is 0 Å². The second-order valence-corrected chi connectivity index (χ2v) is 8.66. The van der Waals surface area contributed by atoms with E-state index in [2.05, 4.69) is 0 Å². The smallest absolute Gasteiger partial charge is 0.239 e. The highest BCUT2D eigenvalue weighted by Gasteiger charge is 2.69. The molecule has 33 heavy (non-hydrogen) atoms. The molecule has 164 valence electrons. The molecule has 1 heterocycles. The number of ether oxygens (including phenoxy) is 1. The van der Waals surface area contributed by atoms with Crippen molar-refractivity contribution >= 4 is 23.5 Å². The normalized spacial score (nSPS) is 26.6. The topological polar surface area (TPSA) is 86.7 Å². The number of hydrogen-bond acceptors (Lipinski definition) is 5. The SMILES string of the molecule is CCOc1ccccc1N1C(=O)[C@H]2C3c4ccccc4C(C(=O)[O-])(c4ccccc43)[C@H]2C1=O. The van der Waals surface area contributed by atoms with E-state index < -0.39 is 41.0 Å². The largest absolute Gasteiger partial charge is 0.549 e. The minimum Gasteiger partial charge on any atom is -0.549 e. The first-order valence-electron chi connectivity index (χ1n) is 11.0. The summed E-state index contributed by atoms with van der Waals surface area (Å²) < 4.78 is 5.69. The van der Waals surface area contributed by atoms with E-state index in [9.17, 15) is 19.5 Å². The molecule has 4 aliphatic rings. The Hall–Kier alpha value is -3.93. The zero-order valence-electron chi connectivity index (χ0n) is 17.9. The fourth-order valence-corrected chi connectivity index (χ4v) is 6.28. The minimum absolute atomic E-state index is 0.338.